The molecule has 12 aromatic heterocycles. The van der Waals surface area contributed by atoms with E-state index < -0.39 is 238 Å². The van der Waals surface area contributed by atoms with E-state index in [1.54, 1.807) is 23.6 Å². The molecule has 69 heteroatoms. The molecule has 0 spiro atoms. The van der Waals surface area contributed by atoms with Crippen molar-refractivity contribution in [1.29, 1.82) is 0 Å². The number of hydrogen-bond acceptors (Lipinski definition) is 46. The van der Waals surface area contributed by atoms with Crippen LogP contribution in [0.3, 0.4) is 0 Å². The van der Waals surface area contributed by atoms with Gasteiger partial charge in [0.25, 0.3) is 16.7 Å². The fourth-order valence-electron chi connectivity index (χ4n) is 17.0. The fraction of sp³-hybridized carbons (Fsp3) is 0.492. The summed E-state index contributed by atoms with van der Waals surface area (Å²) in [6.45, 7) is -2.74. The number of aromatic nitrogens is 21. The summed E-state index contributed by atoms with van der Waals surface area (Å²) in [6, 6.07) is 4.63. The van der Waals surface area contributed by atoms with Crippen LogP contribution in [0.5, 0.6) is 0 Å². The number of nitrogens with two attached hydrogens (primary N) is 6. The van der Waals surface area contributed by atoms with Gasteiger partial charge in [-0.3, -0.25) is 111 Å². The molecule has 0 aromatic carbocycles. The Kier molecular flexibility index (Phi) is 23.5. The number of phosphoric acid groups is 6. The zero-order chi connectivity index (χ0) is 94.1. The summed E-state index contributed by atoms with van der Waals surface area (Å²) in [4.78, 5) is 157. The van der Waals surface area contributed by atoms with Crippen molar-refractivity contribution in [3.8, 4) is 0 Å². The second-order valence-electron chi connectivity index (χ2n) is 31.6. The molecule has 7 unspecified atom stereocenters. The number of halogens is 2. The van der Waals surface area contributed by atoms with Crippen LogP contribution in [0.2, 0.25) is 0 Å². The van der Waals surface area contributed by atoms with E-state index in [4.69, 9.17) is 122 Å². The summed E-state index contributed by atoms with van der Waals surface area (Å²) in [5.41, 5.74) is 33.5. The van der Waals surface area contributed by atoms with Crippen molar-refractivity contribution >= 4 is 149 Å². The second kappa shape index (κ2) is 34.3. The van der Waals surface area contributed by atoms with Crippen LogP contribution in [0.4, 0.5) is 43.7 Å². The van der Waals surface area contributed by atoms with Crippen molar-refractivity contribution < 1.29 is 153 Å². The van der Waals surface area contributed by atoms with Gasteiger partial charge in [0.15, 0.2) is 93.9 Å². The van der Waals surface area contributed by atoms with E-state index in [2.05, 4.69) is 74.8 Å². The number of nitrogens with one attached hydrogen (secondary N) is 3. The Bertz CT molecular complexity index is 6870. The molecule has 0 radical (unpaired) electrons. The molecule has 12 aromatic rings. The van der Waals surface area contributed by atoms with Crippen LogP contribution < -0.4 is 51.1 Å². The Morgan fingerprint density at radius 2 is 0.731 bits per heavy atom. The van der Waals surface area contributed by atoms with E-state index in [0.29, 0.717) is 33.7 Å². The number of rotatable bonds is 6. The third-order valence-electron chi connectivity index (χ3n) is 23.0. The number of nitrogen functional groups attached to an aromatic ring is 6. The second-order valence-corrected chi connectivity index (χ2v) is 40.1. The molecule has 21 N–H and O–H groups in total. The third-order valence-corrected chi connectivity index (χ3v) is 28.9. The molecule has 10 saturated heterocycles. The van der Waals surface area contributed by atoms with Crippen molar-refractivity contribution in [3.63, 3.8) is 0 Å². The van der Waals surface area contributed by atoms with Crippen molar-refractivity contribution in [1.82, 2.24) is 102 Å². The minimum atomic E-state index is -5.18. The van der Waals surface area contributed by atoms with Crippen molar-refractivity contribution in [2.75, 3.05) is 80.7 Å². The number of H-pyrrole nitrogens is 3. The first-order valence-electron chi connectivity index (χ1n) is 39.8. The molecule has 10 fully saturated rings. The van der Waals surface area contributed by atoms with Crippen molar-refractivity contribution in [2.45, 2.75) is 148 Å². The first-order valence-corrected chi connectivity index (χ1v) is 48.8. The molecule has 22 heterocycles. The highest BCUT2D eigenvalue weighted by Crippen LogP contribution is 2.61. The molecule has 134 heavy (non-hydrogen) atoms. The summed E-state index contributed by atoms with van der Waals surface area (Å²) < 4.78 is 224. The van der Waals surface area contributed by atoms with E-state index >= 15 is 8.78 Å². The SMILES string of the molecule is C[C@H]1[C@@H]2OP(=O)(O)OC[C@@H]3C[C@@H](OP(=O)(O)OC[C@H]2O[C@H]1n1cnc2c(N)ccnc21)[C@H](n1cnc2c(=O)[nH]c(N)nc21)O3.Nc1nc2c(ncn2[C@@H]2O[C@@H]3COP(=O)(O)OC4[C@@H](COP(=O)(O)O[C@H]2C3)O[C@@H](n2cnc3c(N)ccnc32)[C@H]4F)c(=O)[nH]1.Nc1nc2c(ncn2[C@@H]2O[C@@H]3COP(=O)(O)O[C@H]4[C@H]5OC[C@]4(COP(=O)(O)O[C@@H]2[C@@H]3F)O[C@H]5n2cnc3c(N)ccnc32)c(=O)[nH]1. The molecule has 10 aliphatic heterocycles. The van der Waals surface area contributed by atoms with Crippen LogP contribution in [0, 0.1) is 5.92 Å². The van der Waals surface area contributed by atoms with Gasteiger partial charge in [0.1, 0.15) is 89.4 Å². The van der Waals surface area contributed by atoms with E-state index in [0.717, 1.165) is 10.9 Å². The molecule has 718 valence electrons. The standard InChI is InChI=1S/C22H24FN9O12P2.C22H27N9O11P2.C21H24FN9O11P2/c23-10-9-3-39-45(34,35)44-15-14-20(31-6-27-11-8(24)1-2-26-16(11)31)42-22(15,4-38-14)5-40-46(36,37)43-13(10)19(41-9)32-7-28-12-17(32)29-21(25)30-18(12)33;1-9-16-13(40-20(9)30-7-26-14-11(23)2-3-25-17(14)30)6-38-43(33,34)41-12-4-10(5-37-44(35,36)42-16)39-21(12)31-8-27-15-18(31)28-22(24)29-19(15)32;22-12-15-11(40-20(12)30-6-26-13-9(23)1-2-25-16(13)30)5-38-43(33,34)41-10-3-8(4-37-44(35,36)42-15)39-19(10)31-7-27-14-17(31)28-21(24)29-18(14)32/h1-2,6-7,9-10,13-15,19-20H,3-5H2,(H2,24,26)(H,34,35)(H,36,37)(H3,25,29,30,33);2-3,7-10,12-13,16,20-21H,4-6H2,1H3,(H2,23,25)(H,33,34)(H,35,36)(H3,24,28,29,32);1-2,6-8,10-12,15,19-20H,3-5H2,(H2,23,25)(H,33,34)(H,35,36)(H3,24,28,29,32)/t9-,10-,13-,14-,15+,19-,20-,22-;9-,10-,12+,13+,16-,20+,21+;8-,10-,11+,12-,15?,19+,20+/m100/s1. The monoisotopic (exact) mass is 2000 g/mol. The molecule has 22 rings (SSSR count). The lowest BCUT2D eigenvalue weighted by atomic mass is 10.0. The minimum absolute atomic E-state index is 0.0166. The summed E-state index contributed by atoms with van der Waals surface area (Å²) in [5.74, 6) is -1.36. The maximum absolute atomic E-state index is 15.9. The highest BCUT2D eigenvalue weighted by atomic mass is 31.2. The highest BCUT2D eigenvalue weighted by molar-refractivity contribution is 7.48. The first kappa shape index (κ1) is 91.7. The maximum atomic E-state index is 15.9. The van der Waals surface area contributed by atoms with Crippen LogP contribution in [0.15, 0.2) is 89.1 Å². The summed E-state index contributed by atoms with van der Waals surface area (Å²) >= 11 is 0. The molecular weight excluding hydrogens is 1930 g/mol. The molecule has 0 amide bonds. The van der Waals surface area contributed by atoms with E-state index in [-0.39, 0.29) is 87.6 Å². The number of pyridine rings is 3. The van der Waals surface area contributed by atoms with Gasteiger partial charge in [0, 0.05) is 37.4 Å². The lowest BCUT2D eigenvalue weighted by molar-refractivity contribution is -0.184. The van der Waals surface area contributed by atoms with Crippen molar-refractivity contribution in [2.24, 2.45) is 5.92 Å². The number of aromatic amines is 3. The molecular formula is C65H75F2N27O34P6. The quantitative estimate of drug-likeness (QED) is 0.101. The average Bonchev–Trinajstić information content (AvgIpc) is 1.55. The number of phosphoric ester groups is 6. The number of alkyl halides is 2. The molecule has 61 nitrogen and oxygen atoms in total. The lowest BCUT2D eigenvalue weighted by Gasteiger charge is -2.32. The normalized spacial score (nSPS) is 37.6. The van der Waals surface area contributed by atoms with Gasteiger partial charge < -0.3 is 96.9 Å². The summed E-state index contributed by atoms with van der Waals surface area (Å²) in [6.07, 6.45) is -16.3. The Hall–Kier alpha value is -10.1. The number of nitrogens with zero attached hydrogens (tertiary/aromatic N) is 18. The Labute approximate surface area is 741 Å². The summed E-state index contributed by atoms with van der Waals surface area (Å²) in [7, 11) is -29.7. The predicted molar refractivity (Wildman–Crippen MR) is 438 cm³/mol. The number of fused-ring (bicyclic) bond motifs is 14. The molecule has 0 saturated carbocycles. The van der Waals surface area contributed by atoms with Gasteiger partial charge in [0.05, 0.1) is 113 Å². The van der Waals surface area contributed by atoms with E-state index in [1.807, 2.05) is 0 Å². The van der Waals surface area contributed by atoms with E-state index in [1.165, 1.54) is 74.6 Å². The largest absolute Gasteiger partial charge is 0.472 e. The average molecular weight is 2000 g/mol. The van der Waals surface area contributed by atoms with Gasteiger partial charge in [-0.15, -0.1) is 0 Å². The van der Waals surface area contributed by atoms with Crippen LogP contribution >= 0.6 is 46.9 Å². The number of anilines is 6. The van der Waals surface area contributed by atoms with Gasteiger partial charge in [0.2, 0.25) is 17.8 Å². The van der Waals surface area contributed by atoms with E-state index in [9.17, 15) is 71.1 Å². The fourth-order valence-corrected chi connectivity index (χ4v) is 22.9. The topological polar surface area (TPSA) is 838 Å². The molecule has 8 bridgehead atoms. The van der Waals surface area contributed by atoms with Crippen LogP contribution in [-0.2, 0) is 115 Å². The zero-order valence-electron chi connectivity index (χ0n) is 68.0. The summed E-state index contributed by atoms with van der Waals surface area (Å²) in [5, 5.41) is 0. The van der Waals surface area contributed by atoms with Gasteiger partial charge in [-0.05, 0) is 18.2 Å². The van der Waals surface area contributed by atoms with Crippen LogP contribution in [-0.4, -0.2) is 269 Å². The van der Waals surface area contributed by atoms with Crippen LogP contribution in [0.25, 0.3) is 67.0 Å². The smallest absolute Gasteiger partial charge is 0.397 e. The number of imidazole rings is 6. The van der Waals surface area contributed by atoms with Gasteiger partial charge >= 0.3 is 46.9 Å². The number of hydrogen-bond donors (Lipinski definition) is 15. The molecule has 0 aliphatic carbocycles. The van der Waals surface area contributed by atoms with Crippen molar-refractivity contribution in [3.05, 3.63) is 106 Å². The Morgan fingerprint density at radius 3 is 1.20 bits per heavy atom. The molecule has 28 atom stereocenters. The third kappa shape index (κ3) is 17.2. The van der Waals surface area contributed by atoms with Gasteiger partial charge in [-0.1, -0.05) is 6.92 Å². The minimum Gasteiger partial charge on any atom is -0.397 e. The Balaban J connectivity index is 0.000000125. The Morgan fingerprint density at radius 1 is 0.373 bits per heavy atom. The number of ether oxygens (including phenoxy) is 7. The zero-order valence-corrected chi connectivity index (χ0v) is 73.4. The first-order chi connectivity index (χ1) is 63.6. The van der Waals surface area contributed by atoms with Gasteiger partial charge in [-0.2, -0.15) is 15.0 Å². The maximum Gasteiger partial charge on any atom is 0.472 e. The predicted octanol–water partition coefficient (Wildman–Crippen LogP) is 0.487. The molecule has 10 aliphatic rings. The van der Waals surface area contributed by atoms with Crippen LogP contribution in [0.1, 0.15) is 57.1 Å². The lowest BCUT2D eigenvalue weighted by Crippen LogP contribution is -2.45. The van der Waals surface area contributed by atoms with Gasteiger partial charge in [-0.25, -0.2) is 81.0 Å². The highest BCUT2D eigenvalue weighted by Gasteiger charge is 2.67.